The summed E-state index contributed by atoms with van der Waals surface area (Å²) in [6, 6.07) is 0. The third kappa shape index (κ3) is 2.16. The highest BCUT2D eigenvalue weighted by atomic mass is 35.5. The van der Waals surface area contributed by atoms with Crippen LogP contribution in [0.2, 0.25) is 5.15 Å². The molecule has 0 N–H and O–H groups in total. The summed E-state index contributed by atoms with van der Waals surface area (Å²) in [7, 11) is 0. The summed E-state index contributed by atoms with van der Waals surface area (Å²) < 4.78 is 6.06. The molecular formula is C13H15ClN2O. The highest BCUT2D eigenvalue weighted by molar-refractivity contribution is 6.31. The number of halogens is 1. The predicted octanol–water partition coefficient (Wildman–Crippen LogP) is 3.38. The standard InChI is InChI=1S/C13H15ClN2O/c14-13-12-10(15-8-16-13)6-3-7-11(12)17-9-4-1-2-5-9/h7-9H,1-6H2. The van der Waals surface area contributed by atoms with Crippen molar-refractivity contribution in [2.24, 2.45) is 0 Å². The van der Waals surface area contributed by atoms with E-state index in [-0.39, 0.29) is 0 Å². The van der Waals surface area contributed by atoms with Crippen LogP contribution in [0.25, 0.3) is 5.76 Å². The molecule has 0 saturated heterocycles. The van der Waals surface area contributed by atoms with Crippen molar-refractivity contribution in [3.63, 3.8) is 0 Å². The molecule has 1 saturated carbocycles. The number of hydrogen-bond donors (Lipinski definition) is 0. The van der Waals surface area contributed by atoms with Gasteiger partial charge in [0.05, 0.1) is 17.4 Å². The van der Waals surface area contributed by atoms with Crippen LogP contribution in [0.5, 0.6) is 0 Å². The molecule has 0 aromatic carbocycles. The normalized spacial score (nSPS) is 19.9. The van der Waals surface area contributed by atoms with Crippen LogP contribution in [0.3, 0.4) is 0 Å². The quantitative estimate of drug-likeness (QED) is 0.755. The van der Waals surface area contributed by atoms with Gasteiger partial charge in [-0.2, -0.15) is 0 Å². The Labute approximate surface area is 106 Å². The fourth-order valence-electron chi connectivity index (χ4n) is 2.57. The summed E-state index contributed by atoms with van der Waals surface area (Å²) in [5.41, 5.74) is 1.92. The van der Waals surface area contributed by atoms with Crippen LogP contribution in [0.15, 0.2) is 12.4 Å². The van der Waals surface area contributed by atoms with Crippen LogP contribution in [-0.2, 0) is 11.2 Å². The third-order valence-corrected chi connectivity index (χ3v) is 3.72. The summed E-state index contributed by atoms with van der Waals surface area (Å²) in [5.74, 6) is 0.892. The van der Waals surface area contributed by atoms with Gasteiger partial charge in [0.1, 0.15) is 17.2 Å². The molecule has 2 aliphatic carbocycles. The molecule has 0 radical (unpaired) electrons. The number of aromatic nitrogens is 2. The maximum Gasteiger partial charge on any atom is 0.143 e. The van der Waals surface area contributed by atoms with Crippen molar-refractivity contribution in [1.29, 1.82) is 0 Å². The van der Waals surface area contributed by atoms with Gasteiger partial charge in [-0.15, -0.1) is 0 Å². The van der Waals surface area contributed by atoms with Gasteiger partial charge in [0.25, 0.3) is 0 Å². The number of ether oxygens (including phenoxy) is 1. The van der Waals surface area contributed by atoms with Gasteiger partial charge < -0.3 is 4.74 Å². The third-order valence-electron chi connectivity index (χ3n) is 3.43. The zero-order chi connectivity index (χ0) is 11.7. The van der Waals surface area contributed by atoms with Crippen LogP contribution in [0.1, 0.15) is 43.4 Å². The van der Waals surface area contributed by atoms with E-state index in [1.807, 2.05) is 0 Å². The lowest BCUT2D eigenvalue weighted by Crippen LogP contribution is -2.12. The van der Waals surface area contributed by atoms with E-state index in [4.69, 9.17) is 16.3 Å². The molecule has 0 spiro atoms. The fourth-order valence-corrected chi connectivity index (χ4v) is 2.81. The first-order chi connectivity index (χ1) is 8.34. The number of rotatable bonds is 2. The van der Waals surface area contributed by atoms with E-state index in [2.05, 4.69) is 16.0 Å². The van der Waals surface area contributed by atoms with Crippen molar-refractivity contribution in [1.82, 2.24) is 9.97 Å². The van der Waals surface area contributed by atoms with Crippen molar-refractivity contribution in [2.45, 2.75) is 44.6 Å². The molecule has 2 aliphatic rings. The Hall–Kier alpha value is -1.09. The van der Waals surface area contributed by atoms with Crippen molar-refractivity contribution in [3.05, 3.63) is 28.8 Å². The number of hydrogen-bond acceptors (Lipinski definition) is 3. The van der Waals surface area contributed by atoms with Crippen molar-refractivity contribution in [2.75, 3.05) is 0 Å². The van der Waals surface area contributed by atoms with E-state index in [0.717, 1.165) is 42.7 Å². The van der Waals surface area contributed by atoms with Crippen LogP contribution in [0.4, 0.5) is 0 Å². The van der Waals surface area contributed by atoms with E-state index in [1.54, 1.807) is 0 Å². The number of allylic oxidation sites excluding steroid dienone is 1. The van der Waals surface area contributed by atoms with Crippen LogP contribution in [0, 0.1) is 0 Å². The van der Waals surface area contributed by atoms with Crippen LogP contribution < -0.4 is 0 Å². The van der Waals surface area contributed by atoms with E-state index in [9.17, 15) is 0 Å². The molecule has 1 fully saturated rings. The Bertz CT molecular complexity index is 453. The Kier molecular flexibility index (Phi) is 3.02. The second-order valence-corrected chi connectivity index (χ2v) is 4.98. The summed E-state index contributed by atoms with van der Waals surface area (Å²) >= 11 is 6.15. The molecule has 3 nitrogen and oxygen atoms in total. The minimum Gasteiger partial charge on any atom is -0.490 e. The molecule has 4 heteroatoms. The van der Waals surface area contributed by atoms with E-state index >= 15 is 0 Å². The summed E-state index contributed by atoms with van der Waals surface area (Å²) in [6.07, 6.45) is 10.7. The van der Waals surface area contributed by atoms with Gasteiger partial charge in [-0.05, 0) is 44.6 Å². The predicted molar refractivity (Wildman–Crippen MR) is 66.7 cm³/mol. The number of fused-ring (bicyclic) bond motifs is 1. The van der Waals surface area contributed by atoms with Crippen molar-refractivity contribution < 1.29 is 4.74 Å². The summed E-state index contributed by atoms with van der Waals surface area (Å²) in [4.78, 5) is 8.34. The smallest absolute Gasteiger partial charge is 0.143 e. The van der Waals surface area contributed by atoms with Crippen molar-refractivity contribution >= 4 is 17.4 Å². The molecule has 1 aromatic rings. The SMILES string of the molecule is Clc1ncnc2c1C(OC1CCCC1)=CCC2. The average molecular weight is 251 g/mol. The Morgan fingerprint density at radius 1 is 1.24 bits per heavy atom. The lowest BCUT2D eigenvalue weighted by atomic mass is 10.0. The first-order valence-electron chi connectivity index (χ1n) is 6.21. The van der Waals surface area contributed by atoms with Crippen LogP contribution in [-0.4, -0.2) is 16.1 Å². The monoisotopic (exact) mass is 250 g/mol. The fraction of sp³-hybridized carbons (Fsp3) is 0.538. The zero-order valence-electron chi connectivity index (χ0n) is 9.66. The first kappa shape index (κ1) is 11.0. The average Bonchev–Trinajstić information content (AvgIpc) is 2.82. The molecule has 1 aromatic heterocycles. The van der Waals surface area contributed by atoms with Gasteiger partial charge in [-0.3, -0.25) is 0 Å². The lowest BCUT2D eigenvalue weighted by molar-refractivity contribution is 0.172. The Balaban J connectivity index is 1.88. The largest absolute Gasteiger partial charge is 0.490 e. The highest BCUT2D eigenvalue weighted by Crippen LogP contribution is 2.34. The van der Waals surface area contributed by atoms with Gasteiger partial charge in [0.2, 0.25) is 0 Å². The Morgan fingerprint density at radius 3 is 2.88 bits per heavy atom. The minimum absolute atomic E-state index is 0.350. The second kappa shape index (κ2) is 4.65. The zero-order valence-corrected chi connectivity index (χ0v) is 10.4. The lowest BCUT2D eigenvalue weighted by Gasteiger charge is -2.21. The maximum atomic E-state index is 6.15. The summed E-state index contributed by atoms with van der Waals surface area (Å²) in [5, 5.41) is 0.513. The molecule has 3 rings (SSSR count). The van der Waals surface area contributed by atoms with E-state index in [1.165, 1.54) is 19.2 Å². The molecule has 0 unspecified atom stereocenters. The molecule has 17 heavy (non-hydrogen) atoms. The second-order valence-electron chi connectivity index (χ2n) is 4.62. The summed E-state index contributed by atoms with van der Waals surface area (Å²) in [6.45, 7) is 0. The molecule has 0 bridgehead atoms. The molecule has 1 heterocycles. The molecular weight excluding hydrogens is 236 g/mol. The van der Waals surface area contributed by atoms with Gasteiger partial charge in [-0.25, -0.2) is 9.97 Å². The van der Waals surface area contributed by atoms with Crippen molar-refractivity contribution in [3.8, 4) is 0 Å². The van der Waals surface area contributed by atoms with Gasteiger partial charge in [-0.1, -0.05) is 11.6 Å². The maximum absolute atomic E-state index is 6.15. The first-order valence-corrected chi connectivity index (χ1v) is 6.59. The van der Waals surface area contributed by atoms with E-state index < -0.39 is 0 Å². The van der Waals surface area contributed by atoms with Gasteiger partial charge in [0, 0.05) is 0 Å². The molecule has 90 valence electrons. The number of nitrogens with zero attached hydrogens (tertiary/aromatic N) is 2. The molecule has 0 amide bonds. The van der Waals surface area contributed by atoms with Crippen LogP contribution >= 0.6 is 11.6 Å². The number of aryl methyl sites for hydroxylation is 1. The minimum atomic E-state index is 0.350. The molecule has 0 atom stereocenters. The topological polar surface area (TPSA) is 35.0 Å². The molecule has 0 aliphatic heterocycles. The van der Waals surface area contributed by atoms with E-state index in [0.29, 0.717) is 11.3 Å². The Morgan fingerprint density at radius 2 is 2.06 bits per heavy atom. The van der Waals surface area contributed by atoms with Gasteiger partial charge >= 0.3 is 0 Å². The highest BCUT2D eigenvalue weighted by Gasteiger charge is 2.23. The van der Waals surface area contributed by atoms with Gasteiger partial charge in [0.15, 0.2) is 0 Å².